The number of hydrogen-bond acceptors (Lipinski definition) is 0. The average molecular weight is 329 g/mol. The molecular formula is C24H40. The van der Waals surface area contributed by atoms with Gasteiger partial charge in [-0.15, -0.1) is 0 Å². The van der Waals surface area contributed by atoms with E-state index in [-0.39, 0.29) is 0 Å². The lowest BCUT2D eigenvalue weighted by Gasteiger charge is -2.58. The summed E-state index contributed by atoms with van der Waals surface area (Å²) in [4.78, 5) is 0. The molecule has 24 heavy (non-hydrogen) atoms. The summed E-state index contributed by atoms with van der Waals surface area (Å²) in [6, 6.07) is 0. The number of rotatable bonds is 3. The number of hydrogen-bond donors (Lipinski definition) is 0. The SMILES string of the molecule is CCCC(C)[C@H]1CC[C@H]2[C@@H]3C=CC4CCCC[C@]4(C)[C@H]3CC[C@]12C. The molecule has 0 aliphatic heterocycles. The summed E-state index contributed by atoms with van der Waals surface area (Å²) in [6.45, 7) is 10.3. The quantitative estimate of drug-likeness (QED) is 0.479. The van der Waals surface area contributed by atoms with Gasteiger partial charge in [-0.3, -0.25) is 0 Å². The molecule has 8 atom stereocenters. The van der Waals surface area contributed by atoms with Gasteiger partial charge in [0.15, 0.2) is 0 Å². The third kappa shape index (κ3) is 2.38. The first-order chi connectivity index (χ1) is 11.5. The van der Waals surface area contributed by atoms with Crippen molar-refractivity contribution < 1.29 is 0 Å². The highest BCUT2D eigenvalue weighted by Crippen LogP contribution is 2.66. The third-order valence-electron chi connectivity index (χ3n) is 9.58. The van der Waals surface area contributed by atoms with Crippen molar-refractivity contribution in [3.8, 4) is 0 Å². The highest BCUT2D eigenvalue weighted by molar-refractivity contribution is 5.17. The molecule has 0 bridgehead atoms. The molecule has 0 nitrogen and oxygen atoms in total. The molecule has 0 aromatic carbocycles. The van der Waals surface area contributed by atoms with Gasteiger partial charge in [0.1, 0.15) is 0 Å². The van der Waals surface area contributed by atoms with E-state index in [1.165, 1.54) is 64.2 Å². The lowest BCUT2D eigenvalue weighted by Crippen LogP contribution is -2.51. The van der Waals surface area contributed by atoms with Gasteiger partial charge in [-0.1, -0.05) is 65.5 Å². The standard InChI is InChI=1S/C24H40/c1-5-8-17(2)20-12-13-21-19-11-10-18-9-6-7-15-23(18,3)22(19)14-16-24(20,21)4/h10-11,17-22H,5-9,12-16H2,1-4H3/t17?,18?,19-,20+,21-,22-,23-,24+/m0/s1. The summed E-state index contributed by atoms with van der Waals surface area (Å²) in [5.41, 5.74) is 1.27. The summed E-state index contributed by atoms with van der Waals surface area (Å²) in [6.07, 6.45) is 20.2. The second-order valence-electron chi connectivity index (χ2n) is 10.5. The summed E-state index contributed by atoms with van der Waals surface area (Å²) >= 11 is 0. The summed E-state index contributed by atoms with van der Waals surface area (Å²) in [7, 11) is 0. The van der Waals surface area contributed by atoms with Crippen molar-refractivity contribution in [2.24, 2.45) is 46.3 Å². The van der Waals surface area contributed by atoms with Crippen LogP contribution >= 0.6 is 0 Å². The predicted octanol–water partition coefficient (Wildman–Crippen LogP) is 7.25. The molecule has 2 unspecified atom stereocenters. The van der Waals surface area contributed by atoms with Crippen molar-refractivity contribution >= 4 is 0 Å². The molecule has 3 fully saturated rings. The van der Waals surface area contributed by atoms with Gasteiger partial charge in [0.05, 0.1) is 0 Å². The summed E-state index contributed by atoms with van der Waals surface area (Å²) in [5, 5.41) is 0. The monoisotopic (exact) mass is 328 g/mol. The molecule has 0 heteroatoms. The van der Waals surface area contributed by atoms with Crippen molar-refractivity contribution in [1.82, 2.24) is 0 Å². The van der Waals surface area contributed by atoms with E-state index in [0.29, 0.717) is 10.8 Å². The fourth-order valence-electron chi connectivity index (χ4n) is 8.29. The van der Waals surface area contributed by atoms with Gasteiger partial charge in [0.2, 0.25) is 0 Å². The first kappa shape index (κ1) is 17.2. The Morgan fingerprint density at radius 2 is 1.71 bits per heavy atom. The van der Waals surface area contributed by atoms with Crippen molar-refractivity contribution in [2.45, 2.75) is 91.9 Å². The molecule has 3 saturated carbocycles. The van der Waals surface area contributed by atoms with Gasteiger partial charge < -0.3 is 0 Å². The third-order valence-corrected chi connectivity index (χ3v) is 9.58. The van der Waals surface area contributed by atoms with Crippen LogP contribution in [0.3, 0.4) is 0 Å². The van der Waals surface area contributed by atoms with E-state index in [1.54, 1.807) is 0 Å². The molecular weight excluding hydrogens is 288 g/mol. The van der Waals surface area contributed by atoms with Crippen molar-refractivity contribution in [3.05, 3.63) is 12.2 Å². The predicted molar refractivity (Wildman–Crippen MR) is 104 cm³/mol. The fourth-order valence-corrected chi connectivity index (χ4v) is 8.29. The molecule has 0 radical (unpaired) electrons. The molecule has 0 saturated heterocycles. The molecule has 0 aromatic heterocycles. The Hall–Kier alpha value is -0.260. The minimum Gasteiger partial charge on any atom is -0.0846 e. The Morgan fingerprint density at radius 3 is 2.50 bits per heavy atom. The van der Waals surface area contributed by atoms with Crippen LogP contribution in [-0.4, -0.2) is 0 Å². The van der Waals surface area contributed by atoms with E-state index in [0.717, 1.165) is 35.5 Å². The van der Waals surface area contributed by atoms with E-state index in [9.17, 15) is 0 Å². The maximum absolute atomic E-state index is 2.73. The Bertz CT molecular complexity index is 490. The summed E-state index contributed by atoms with van der Waals surface area (Å²) < 4.78 is 0. The first-order valence-electron chi connectivity index (χ1n) is 11.2. The number of allylic oxidation sites excluding steroid dienone is 2. The zero-order valence-electron chi connectivity index (χ0n) is 16.7. The summed E-state index contributed by atoms with van der Waals surface area (Å²) in [5.74, 6) is 5.71. The smallest absolute Gasteiger partial charge is 0.0166 e. The second-order valence-corrected chi connectivity index (χ2v) is 10.5. The molecule has 0 aromatic rings. The van der Waals surface area contributed by atoms with Gasteiger partial charge in [0, 0.05) is 0 Å². The maximum Gasteiger partial charge on any atom is -0.0166 e. The molecule has 0 amide bonds. The van der Waals surface area contributed by atoms with Crippen LogP contribution in [0.5, 0.6) is 0 Å². The van der Waals surface area contributed by atoms with Crippen LogP contribution in [0.15, 0.2) is 12.2 Å². The van der Waals surface area contributed by atoms with E-state index >= 15 is 0 Å². The lowest BCUT2D eigenvalue weighted by molar-refractivity contribution is -0.0643. The van der Waals surface area contributed by atoms with E-state index in [4.69, 9.17) is 0 Å². The van der Waals surface area contributed by atoms with Crippen molar-refractivity contribution in [3.63, 3.8) is 0 Å². The van der Waals surface area contributed by atoms with E-state index < -0.39 is 0 Å². The molecule has 136 valence electrons. The highest BCUT2D eigenvalue weighted by atomic mass is 14.6. The second kappa shape index (κ2) is 6.17. The first-order valence-corrected chi connectivity index (χ1v) is 11.2. The van der Waals surface area contributed by atoms with Crippen LogP contribution in [0.4, 0.5) is 0 Å². The molecule has 0 spiro atoms. The fraction of sp³-hybridized carbons (Fsp3) is 0.917. The molecule has 4 aliphatic carbocycles. The van der Waals surface area contributed by atoms with Gasteiger partial charge in [-0.05, 0) is 84.9 Å². The van der Waals surface area contributed by atoms with Gasteiger partial charge >= 0.3 is 0 Å². The zero-order valence-corrected chi connectivity index (χ0v) is 16.7. The van der Waals surface area contributed by atoms with Crippen LogP contribution in [-0.2, 0) is 0 Å². The number of fused-ring (bicyclic) bond motifs is 5. The largest absolute Gasteiger partial charge is 0.0846 e. The van der Waals surface area contributed by atoms with Gasteiger partial charge in [-0.25, -0.2) is 0 Å². The van der Waals surface area contributed by atoms with Gasteiger partial charge in [-0.2, -0.15) is 0 Å². The average Bonchev–Trinajstić information content (AvgIpc) is 2.92. The Labute approximate surface area is 150 Å². The van der Waals surface area contributed by atoms with E-state index in [2.05, 4.69) is 39.8 Å². The van der Waals surface area contributed by atoms with Crippen LogP contribution in [0.1, 0.15) is 91.9 Å². The Balaban J connectivity index is 1.61. The van der Waals surface area contributed by atoms with Crippen LogP contribution in [0, 0.1) is 46.3 Å². The molecule has 0 heterocycles. The molecule has 4 rings (SSSR count). The van der Waals surface area contributed by atoms with Gasteiger partial charge in [0.25, 0.3) is 0 Å². The minimum absolute atomic E-state index is 0.631. The Morgan fingerprint density at radius 1 is 0.917 bits per heavy atom. The normalized spacial score (nSPS) is 51.6. The van der Waals surface area contributed by atoms with Crippen LogP contribution < -0.4 is 0 Å². The van der Waals surface area contributed by atoms with Crippen LogP contribution in [0.25, 0.3) is 0 Å². The molecule has 4 aliphatic rings. The zero-order chi connectivity index (χ0) is 16.9. The maximum atomic E-state index is 2.73. The Kier molecular flexibility index (Phi) is 4.41. The van der Waals surface area contributed by atoms with Crippen LogP contribution in [0.2, 0.25) is 0 Å². The topological polar surface area (TPSA) is 0 Å². The lowest BCUT2D eigenvalue weighted by atomic mass is 9.46. The minimum atomic E-state index is 0.631. The molecule has 0 N–H and O–H groups in total. The van der Waals surface area contributed by atoms with E-state index in [1.807, 2.05) is 0 Å². The van der Waals surface area contributed by atoms with Crippen molar-refractivity contribution in [2.75, 3.05) is 0 Å². The van der Waals surface area contributed by atoms with Crippen molar-refractivity contribution in [1.29, 1.82) is 0 Å². The highest BCUT2D eigenvalue weighted by Gasteiger charge is 2.58.